The minimum atomic E-state index is 0.421. The first-order chi connectivity index (χ1) is 9.06. The number of benzene rings is 1. The summed E-state index contributed by atoms with van der Waals surface area (Å²) in [4.78, 5) is 2.77. The number of hydrogen-bond donors (Lipinski definition) is 1. The molecule has 0 bridgehead atoms. The van der Waals surface area contributed by atoms with Crippen molar-refractivity contribution in [3.05, 3.63) is 29.8 Å². The van der Waals surface area contributed by atoms with Crippen molar-refractivity contribution in [1.29, 1.82) is 0 Å². The minimum Gasteiger partial charge on any atom is -0.492 e. The molecule has 0 saturated heterocycles. The molecule has 4 heteroatoms. The van der Waals surface area contributed by atoms with E-state index in [0.717, 1.165) is 29.7 Å². The SMILES string of the molecule is CC1CC1CN(C)CCOc1ccc(C(N)=S)cc1. The summed E-state index contributed by atoms with van der Waals surface area (Å²) in [6, 6.07) is 7.62. The summed E-state index contributed by atoms with van der Waals surface area (Å²) in [6.45, 7) is 5.17. The molecule has 0 aromatic heterocycles. The summed E-state index contributed by atoms with van der Waals surface area (Å²) in [6.07, 6.45) is 1.38. The maximum Gasteiger partial charge on any atom is 0.119 e. The van der Waals surface area contributed by atoms with E-state index in [2.05, 4.69) is 18.9 Å². The molecule has 1 aromatic carbocycles. The monoisotopic (exact) mass is 278 g/mol. The predicted octanol–water partition coefficient (Wildman–Crippen LogP) is 2.29. The Kier molecular flexibility index (Phi) is 4.77. The maximum atomic E-state index is 5.71. The number of nitrogens with two attached hydrogens (primary N) is 1. The van der Waals surface area contributed by atoms with Crippen molar-refractivity contribution >= 4 is 17.2 Å². The van der Waals surface area contributed by atoms with Gasteiger partial charge in [0.15, 0.2) is 0 Å². The normalized spacial score (nSPS) is 21.4. The zero-order valence-corrected chi connectivity index (χ0v) is 12.5. The Bertz CT molecular complexity index is 432. The topological polar surface area (TPSA) is 38.5 Å². The van der Waals surface area contributed by atoms with Gasteiger partial charge in [0.1, 0.15) is 17.3 Å². The van der Waals surface area contributed by atoms with Crippen LogP contribution in [0.1, 0.15) is 18.9 Å². The van der Waals surface area contributed by atoms with E-state index in [4.69, 9.17) is 22.7 Å². The molecule has 2 atom stereocenters. The molecule has 0 heterocycles. The molecular weight excluding hydrogens is 256 g/mol. The second kappa shape index (κ2) is 6.35. The van der Waals surface area contributed by atoms with Gasteiger partial charge in [-0.25, -0.2) is 0 Å². The van der Waals surface area contributed by atoms with Crippen molar-refractivity contribution < 1.29 is 4.74 Å². The summed E-state index contributed by atoms with van der Waals surface area (Å²) >= 11 is 4.91. The Morgan fingerprint density at radius 2 is 2.05 bits per heavy atom. The van der Waals surface area contributed by atoms with E-state index in [1.54, 1.807) is 0 Å². The first kappa shape index (κ1) is 14.3. The molecule has 0 aliphatic heterocycles. The van der Waals surface area contributed by atoms with Crippen LogP contribution in [-0.2, 0) is 0 Å². The quantitative estimate of drug-likeness (QED) is 0.777. The molecule has 2 N–H and O–H groups in total. The smallest absolute Gasteiger partial charge is 0.119 e. The number of ether oxygens (including phenoxy) is 1. The largest absolute Gasteiger partial charge is 0.492 e. The van der Waals surface area contributed by atoms with Crippen molar-refractivity contribution in [2.24, 2.45) is 17.6 Å². The summed E-state index contributed by atoms with van der Waals surface area (Å²) in [5, 5.41) is 0. The standard InChI is InChI=1S/C15H22N2OS/c1-11-9-13(11)10-17(2)7-8-18-14-5-3-12(4-6-14)15(16)19/h3-6,11,13H,7-10H2,1-2H3,(H2,16,19). The summed E-state index contributed by atoms with van der Waals surface area (Å²) in [7, 11) is 2.16. The van der Waals surface area contributed by atoms with E-state index >= 15 is 0 Å². The Hall–Kier alpha value is -1.13. The Balaban J connectivity index is 1.68. The Morgan fingerprint density at radius 1 is 1.42 bits per heavy atom. The first-order valence-corrected chi connectivity index (χ1v) is 7.18. The van der Waals surface area contributed by atoms with Gasteiger partial charge < -0.3 is 15.4 Å². The van der Waals surface area contributed by atoms with Crippen LogP contribution >= 0.6 is 12.2 Å². The molecule has 3 nitrogen and oxygen atoms in total. The Labute approximate surface area is 120 Å². The highest BCUT2D eigenvalue weighted by molar-refractivity contribution is 7.80. The lowest BCUT2D eigenvalue weighted by Gasteiger charge is -2.16. The van der Waals surface area contributed by atoms with Crippen molar-refractivity contribution in [2.45, 2.75) is 13.3 Å². The summed E-state index contributed by atoms with van der Waals surface area (Å²) in [5.41, 5.74) is 6.43. The highest BCUT2D eigenvalue weighted by Crippen LogP contribution is 2.37. The van der Waals surface area contributed by atoms with Crippen LogP contribution in [0.4, 0.5) is 0 Å². The third-order valence-electron chi connectivity index (χ3n) is 3.70. The fourth-order valence-corrected chi connectivity index (χ4v) is 2.32. The molecule has 104 valence electrons. The Morgan fingerprint density at radius 3 is 2.58 bits per heavy atom. The van der Waals surface area contributed by atoms with Crippen molar-refractivity contribution in [3.8, 4) is 5.75 Å². The van der Waals surface area contributed by atoms with Crippen LogP contribution in [0, 0.1) is 11.8 Å². The van der Waals surface area contributed by atoms with Crippen LogP contribution < -0.4 is 10.5 Å². The number of thiocarbonyl (C=S) groups is 1. The fraction of sp³-hybridized carbons (Fsp3) is 0.533. The van der Waals surface area contributed by atoms with Crippen molar-refractivity contribution in [3.63, 3.8) is 0 Å². The van der Waals surface area contributed by atoms with Crippen LogP contribution in [-0.4, -0.2) is 36.6 Å². The van der Waals surface area contributed by atoms with Crippen LogP contribution in [0.25, 0.3) is 0 Å². The highest BCUT2D eigenvalue weighted by Gasteiger charge is 2.32. The number of rotatable bonds is 7. The molecule has 2 rings (SSSR count). The third kappa shape index (κ3) is 4.48. The number of hydrogen-bond acceptors (Lipinski definition) is 3. The average Bonchev–Trinajstić information content (AvgIpc) is 3.05. The highest BCUT2D eigenvalue weighted by atomic mass is 32.1. The van der Waals surface area contributed by atoms with Gasteiger partial charge in [-0.2, -0.15) is 0 Å². The van der Waals surface area contributed by atoms with Gasteiger partial charge in [0, 0.05) is 18.7 Å². The maximum absolute atomic E-state index is 5.71. The zero-order valence-electron chi connectivity index (χ0n) is 11.6. The van der Waals surface area contributed by atoms with E-state index in [9.17, 15) is 0 Å². The van der Waals surface area contributed by atoms with Gasteiger partial charge in [0.05, 0.1) is 0 Å². The molecule has 0 amide bonds. The van der Waals surface area contributed by atoms with Crippen LogP contribution in [0.15, 0.2) is 24.3 Å². The second-order valence-corrected chi connectivity index (χ2v) is 5.91. The molecule has 0 spiro atoms. The van der Waals surface area contributed by atoms with Gasteiger partial charge in [0.25, 0.3) is 0 Å². The van der Waals surface area contributed by atoms with Gasteiger partial charge in [0.2, 0.25) is 0 Å². The number of nitrogens with zero attached hydrogens (tertiary/aromatic N) is 1. The molecule has 1 fully saturated rings. The molecule has 2 unspecified atom stereocenters. The summed E-state index contributed by atoms with van der Waals surface area (Å²) in [5.74, 6) is 2.68. The zero-order chi connectivity index (χ0) is 13.8. The molecular formula is C15H22N2OS. The lowest BCUT2D eigenvalue weighted by molar-refractivity contribution is 0.230. The van der Waals surface area contributed by atoms with E-state index in [-0.39, 0.29) is 0 Å². The van der Waals surface area contributed by atoms with Crippen molar-refractivity contribution in [1.82, 2.24) is 4.90 Å². The molecule has 1 saturated carbocycles. The second-order valence-electron chi connectivity index (χ2n) is 5.47. The lowest BCUT2D eigenvalue weighted by Crippen LogP contribution is -2.26. The first-order valence-electron chi connectivity index (χ1n) is 6.77. The van der Waals surface area contributed by atoms with Crippen LogP contribution in [0.3, 0.4) is 0 Å². The average molecular weight is 278 g/mol. The third-order valence-corrected chi connectivity index (χ3v) is 3.94. The molecule has 1 aromatic rings. The van der Waals surface area contributed by atoms with Gasteiger partial charge in [-0.15, -0.1) is 0 Å². The van der Waals surface area contributed by atoms with Gasteiger partial charge in [-0.05, 0) is 49.6 Å². The minimum absolute atomic E-state index is 0.421. The fourth-order valence-electron chi connectivity index (χ4n) is 2.18. The predicted molar refractivity (Wildman–Crippen MR) is 82.6 cm³/mol. The molecule has 1 aliphatic rings. The van der Waals surface area contributed by atoms with E-state index in [1.807, 2.05) is 24.3 Å². The summed E-state index contributed by atoms with van der Waals surface area (Å²) < 4.78 is 5.71. The van der Waals surface area contributed by atoms with Crippen LogP contribution in [0.5, 0.6) is 5.75 Å². The lowest BCUT2D eigenvalue weighted by atomic mass is 10.2. The van der Waals surface area contributed by atoms with Crippen LogP contribution in [0.2, 0.25) is 0 Å². The van der Waals surface area contributed by atoms with E-state index in [1.165, 1.54) is 13.0 Å². The van der Waals surface area contributed by atoms with Crippen molar-refractivity contribution in [2.75, 3.05) is 26.7 Å². The molecule has 0 radical (unpaired) electrons. The van der Waals surface area contributed by atoms with Gasteiger partial charge >= 0.3 is 0 Å². The van der Waals surface area contributed by atoms with E-state index in [0.29, 0.717) is 11.6 Å². The molecule has 1 aliphatic carbocycles. The molecule has 19 heavy (non-hydrogen) atoms. The van der Waals surface area contributed by atoms with Gasteiger partial charge in [-0.3, -0.25) is 0 Å². The number of likely N-dealkylation sites (N-methyl/N-ethyl adjacent to an activating group) is 1. The van der Waals surface area contributed by atoms with E-state index < -0.39 is 0 Å². The van der Waals surface area contributed by atoms with Gasteiger partial charge in [-0.1, -0.05) is 19.1 Å².